The highest BCUT2D eigenvalue weighted by Gasteiger charge is 1.97. The van der Waals surface area contributed by atoms with E-state index in [9.17, 15) is 9.70 Å². The summed E-state index contributed by atoms with van der Waals surface area (Å²) in [5.74, 6) is -0.464. The van der Waals surface area contributed by atoms with Gasteiger partial charge in [0.2, 0.25) is 5.91 Å². The molecule has 68 valence electrons. The van der Waals surface area contributed by atoms with Crippen molar-refractivity contribution in [3.8, 4) is 0 Å². The average molecular weight is 173 g/mol. The second-order valence-corrected chi connectivity index (χ2v) is 1.94. The van der Waals surface area contributed by atoms with Crippen LogP contribution in [0, 0.1) is 4.91 Å². The molecular formula is C5H11N5O2. The minimum atomic E-state index is -0.434. The molecule has 0 fully saturated rings. The Bertz CT molecular complexity index is 186. The fourth-order valence-electron chi connectivity index (χ4n) is 0.495. The van der Waals surface area contributed by atoms with Crippen LogP contribution in [0.3, 0.4) is 0 Å². The van der Waals surface area contributed by atoms with Crippen LogP contribution in [0.25, 0.3) is 0 Å². The summed E-state index contributed by atoms with van der Waals surface area (Å²) in [6.07, 6.45) is 0. The van der Waals surface area contributed by atoms with Gasteiger partial charge in [-0.25, -0.2) is 0 Å². The highest BCUT2D eigenvalue weighted by Crippen LogP contribution is 1.70. The highest BCUT2D eigenvalue weighted by molar-refractivity contribution is 5.78. The van der Waals surface area contributed by atoms with Crippen LogP contribution in [0.4, 0.5) is 0 Å². The lowest BCUT2D eigenvalue weighted by molar-refractivity contribution is -0.119. The molecule has 0 aromatic rings. The predicted molar refractivity (Wildman–Crippen MR) is 44.3 cm³/mol. The first-order valence-electron chi connectivity index (χ1n) is 3.28. The van der Waals surface area contributed by atoms with E-state index in [0.29, 0.717) is 13.1 Å². The molecule has 0 rings (SSSR count). The van der Waals surface area contributed by atoms with Gasteiger partial charge in [0.05, 0.1) is 6.54 Å². The number of amides is 1. The molecule has 0 unspecified atom stereocenters. The lowest BCUT2D eigenvalue weighted by Crippen LogP contribution is -2.29. The molecular weight excluding hydrogens is 162 g/mol. The quantitative estimate of drug-likeness (QED) is 0.195. The standard InChI is InChI=1S/C5H11N5O2/c6-5(7)9-2-1-8-4(11)3-10-12/h1-3H2,(H,8,11)(H4,6,7,9). The van der Waals surface area contributed by atoms with Gasteiger partial charge in [0.15, 0.2) is 12.5 Å². The number of hydrogen-bond acceptors (Lipinski definition) is 4. The zero-order chi connectivity index (χ0) is 9.40. The molecule has 0 bridgehead atoms. The van der Waals surface area contributed by atoms with Crippen molar-refractivity contribution < 1.29 is 4.79 Å². The van der Waals surface area contributed by atoms with Gasteiger partial charge in [-0.2, -0.15) is 4.91 Å². The van der Waals surface area contributed by atoms with Crippen LogP contribution in [-0.4, -0.2) is 31.5 Å². The molecule has 0 saturated carbocycles. The largest absolute Gasteiger partial charge is 0.370 e. The molecule has 0 aromatic heterocycles. The first-order chi connectivity index (χ1) is 5.66. The number of carbonyl (C=O) groups is 1. The van der Waals surface area contributed by atoms with Crippen LogP contribution in [0.15, 0.2) is 10.2 Å². The van der Waals surface area contributed by atoms with Gasteiger partial charge in [-0.1, -0.05) is 5.18 Å². The van der Waals surface area contributed by atoms with Crippen LogP contribution in [0.1, 0.15) is 0 Å². The van der Waals surface area contributed by atoms with Crippen molar-refractivity contribution in [3.05, 3.63) is 4.91 Å². The van der Waals surface area contributed by atoms with Crippen LogP contribution in [0.5, 0.6) is 0 Å². The van der Waals surface area contributed by atoms with Gasteiger partial charge >= 0.3 is 0 Å². The number of nitroso groups, excluding NO2 is 1. The summed E-state index contributed by atoms with van der Waals surface area (Å²) in [6.45, 7) is 0.223. The van der Waals surface area contributed by atoms with Gasteiger partial charge in [0.25, 0.3) is 0 Å². The molecule has 0 saturated heterocycles. The van der Waals surface area contributed by atoms with Gasteiger partial charge < -0.3 is 16.8 Å². The molecule has 0 spiro atoms. The summed E-state index contributed by atoms with van der Waals surface area (Å²) < 4.78 is 0. The summed E-state index contributed by atoms with van der Waals surface area (Å²) in [7, 11) is 0. The van der Waals surface area contributed by atoms with Crippen molar-refractivity contribution in [3.63, 3.8) is 0 Å². The second kappa shape index (κ2) is 6.08. The summed E-state index contributed by atoms with van der Waals surface area (Å²) in [5, 5.41) is 4.79. The third-order valence-corrected chi connectivity index (χ3v) is 0.937. The lowest BCUT2D eigenvalue weighted by Gasteiger charge is -1.98. The van der Waals surface area contributed by atoms with E-state index in [-0.39, 0.29) is 12.5 Å². The molecule has 0 aliphatic heterocycles. The summed E-state index contributed by atoms with van der Waals surface area (Å²) >= 11 is 0. The molecule has 7 heteroatoms. The zero-order valence-electron chi connectivity index (χ0n) is 6.49. The number of nitrogens with zero attached hydrogens (tertiary/aromatic N) is 2. The molecule has 0 heterocycles. The van der Waals surface area contributed by atoms with Crippen molar-refractivity contribution in [2.45, 2.75) is 0 Å². The van der Waals surface area contributed by atoms with Gasteiger partial charge in [-0.15, -0.1) is 0 Å². The number of nitrogens with two attached hydrogens (primary N) is 2. The minimum absolute atomic E-state index is 0.0299. The Morgan fingerprint density at radius 3 is 2.58 bits per heavy atom. The van der Waals surface area contributed by atoms with E-state index in [1.54, 1.807) is 0 Å². The van der Waals surface area contributed by atoms with E-state index in [2.05, 4.69) is 15.5 Å². The Morgan fingerprint density at radius 1 is 1.42 bits per heavy atom. The number of rotatable bonds is 5. The molecule has 7 nitrogen and oxygen atoms in total. The molecule has 0 aliphatic rings. The van der Waals surface area contributed by atoms with Gasteiger partial charge in [0, 0.05) is 6.54 Å². The molecule has 0 atom stereocenters. The van der Waals surface area contributed by atoms with Gasteiger partial charge in [-0.05, 0) is 0 Å². The van der Waals surface area contributed by atoms with E-state index in [1.807, 2.05) is 0 Å². The molecule has 0 radical (unpaired) electrons. The van der Waals surface area contributed by atoms with E-state index in [4.69, 9.17) is 11.5 Å². The first kappa shape index (κ1) is 10.3. The summed E-state index contributed by atoms with van der Waals surface area (Å²) in [6, 6.07) is 0. The zero-order valence-corrected chi connectivity index (χ0v) is 6.49. The van der Waals surface area contributed by atoms with Crippen molar-refractivity contribution in [2.75, 3.05) is 19.6 Å². The van der Waals surface area contributed by atoms with Crippen molar-refractivity contribution in [1.29, 1.82) is 0 Å². The second-order valence-electron chi connectivity index (χ2n) is 1.94. The molecule has 12 heavy (non-hydrogen) atoms. The number of hydrogen-bond donors (Lipinski definition) is 3. The van der Waals surface area contributed by atoms with E-state index >= 15 is 0 Å². The van der Waals surface area contributed by atoms with Crippen molar-refractivity contribution in [1.82, 2.24) is 5.32 Å². The topological polar surface area (TPSA) is 123 Å². The minimum Gasteiger partial charge on any atom is -0.370 e. The SMILES string of the molecule is NC(N)=NCCNC(=O)CN=O. The average Bonchev–Trinajstić information content (AvgIpc) is 1.98. The van der Waals surface area contributed by atoms with E-state index < -0.39 is 5.91 Å². The normalized spacial score (nSPS) is 8.67. The third-order valence-electron chi connectivity index (χ3n) is 0.937. The maximum atomic E-state index is 10.6. The molecule has 5 N–H and O–H groups in total. The Balaban J connectivity index is 3.37. The van der Waals surface area contributed by atoms with Crippen LogP contribution in [-0.2, 0) is 4.79 Å². The Kier molecular flexibility index (Phi) is 5.24. The summed E-state index contributed by atoms with van der Waals surface area (Å²) in [4.78, 5) is 23.8. The van der Waals surface area contributed by atoms with E-state index in [0.717, 1.165) is 0 Å². The fraction of sp³-hybridized carbons (Fsp3) is 0.600. The van der Waals surface area contributed by atoms with Crippen molar-refractivity contribution >= 4 is 11.9 Å². The van der Waals surface area contributed by atoms with Crippen LogP contribution in [0.2, 0.25) is 0 Å². The maximum Gasteiger partial charge on any atom is 0.245 e. The predicted octanol–water partition coefficient (Wildman–Crippen LogP) is -1.86. The molecule has 0 aliphatic carbocycles. The fourth-order valence-corrected chi connectivity index (χ4v) is 0.495. The van der Waals surface area contributed by atoms with Crippen LogP contribution < -0.4 is 16.8 Å². The van der Waals surface area contributed by atoms with Gasteiger partial charge in [-0.3, -0.25) is 9.79 Å². The lowest BCUT2D eigenvalue weighted by atomic mass is 10.5. The van der Waals surface area contributed by atoms with Crippen LogP contribution >= 0.6 is 0 Å². The number of carbonyl (C=O) groups excluding carboxylic acids is 1. The summed E-state index contributed by atoms with van der Waals surface area (Å²) in [5.41, 5.74) is 10.0. The Hall–Kier alpha value is -1.66. The number of guanidine groups is 1. The Labute approximate surface area is 69.2 Å². The maximum absolute atomic E-state index is 10.6. The Morgan fingerprint density at radius 2 is 2.08 bits per heavy atom. The molecule has 0 aromatic carbocycles. The highest BCUT2D eigenvalue weighted by atomic mass is 16.3. The number of aliphatic imine (C=N–C) groups is 1. The van der Waals surface area contributed by atoms with E-state index in [1.165, 1.54) is 0 Å². The number of nitrogens with one attached hydrogen (secondary N) is 1. The van der Waals surface area contributed by atoms with Crippen molar-refractivity contribution in [2.24, 2.45) is 21.6 Å². The monoisotopic (exact) mass is 173 g/mol. The van der Waals surface area contributed by atoms with Gasteiger partial charge in [0.1, 0.15) is 0 Å². The smallest absolute Gasteiger partial charge is 0.245 e. The third kappa shape index (κ3) is 6.46. The first-order valence-corrected chi connectivity index (χ1v) is 3.28. The molecule has 1 amide bonds.